The van der Waals surface area contributed by atoms with Gasteiger partial charge in [0, 0.05) is 0 Å². The van der Waals surface area contributed by atoms with Crippen molar-refractivity contribution in [3.05, 3.63) is 12.2 Å². The molecule has 0 nitrogen and oxygen atoms in total. The van der Waals surface area contributed by atoms with E-state index in [1.54, 1.807) is 0 Å². The summed E-state index contributed by atoms with van der Waals surface area (Å²) in [7, 11) is 0. The van der Waals surface area contributed by atoms with Crippen LogP contribution in [0.15, 0.2) is 12.2 Å². The van der Waals surface area contributed by atoms with Gasteiger partial charge in [-0.3, -0.25) is 0 Å². The number of fused-ring (bicyclic) bond motifs is 1. The second-order valence-corrected chi connectivity index (χ2v) is 5.31. The SMILES string of the molecule is CC=CC1CC(C)C2CC(C)CC12. The molecule has 0 amide bonds. The Balaban J connectivity index is 2.10. The molecule has 0 heteroatoms. The lowest BCUT2D eigenvalue weighted by atomic mass is 9.90. The molecule has 0 heterocycles. The molecule has 0 aliphatic heterocycles. The number of hydrogen-bond donors (Lipinski definition) is 0. The zero-order valence-corrected chi connectivity index (χ0v) is 9.16. The number of rotatable bonds is 1. The predicted octanol–water partition coefficient (Wildman–Crippen LogP) is 3.88. The van der Waals surface area contributed by atoms with Crippen LogP contribution in [0.2, 0.25) is 0 Å². The maximum atomic E-state index is 2.46. The summed E-state index contributed by atoms with van der Waals surface area (Å²) in [5.74, 6) is 4.97. The highest BCUT2D eigenvalue weighted by molar-refractivity contribution is 5.02. The molecule has 0 saturated heterocycles. The smallest absolute Gasteiger partial charge is 0.0200 e. The first-order chi connectivity index (χ1) is 6.22. The fourth-order valence-corrected chi connectivity index (χ4v) is 3.77. The molecular formula is C13H22. The first kappa shape index (κ1) is 9.30. The van der Waals surface area contributed by atoms with E-state index >= 15 is 0 Å². The Morgan fingerprint density at radius 3 is 2.38 bits per heavy atom. The van der Waals surface area contributed by atoms with E-state index in [9.17, 15) is 0 Å². The van der Waals surface area contributed by atoms with Crippen LogP contribution in [-0.4, -0.2) is 0 Å². The maximum absolute atomic E-state index is 2.46. The van der Waals surface area contributed by atoms with Crippen LogP contribution < -0.4 is 0 Å². The van der Waals surface area contributed by atoms with Crippen molar-refractivity contribution in [2.75, 3.05) is 0 Å². The van der Waals surface area contributed by atoms with Gasteiger partial charge in [-0.15, -0.1) is 0 Å². The van der Waals surface area contributed by atoms with E-state index in [1.165, 1.54) is 19.3 Å². The van der Waals surface area contributed by atoms with E-state index < -0.39 is 0 Å². The molecule has 2 aliphatic carbocycles. The summed E-state index contributed by atoms with van der Waals surface area (Å²) in [6.45, 7) is 7.05. The quantitative estimate of drug-likeness (QED) is 0.534. The van der Waals surface area contributed by atoms with E-state index in [0.717, 1.165) is 29.6 Å². The van der Waals surface area contributed by atoms with Crippen molar-refractivity contribution in [3.63, 3.8) is 0 Å². The molecule has 2 fully saturated rings. The zero-order chi connectivity index (χ0) is 9.42. The van der Waals surface area contributed by atoms with E-state index in [-0.39, 0.29) is 0 Å². The molecule has 5 atom stereocenters. The van der Waals surface area contributed by atoms with Gasteiger partial charge in [0.05, 0.1) is 0 Å². The highest BCUT2D eigenvalue weighted by Gasteiger charge is 2.44. The molecule has 0 N–H and O–H groups in total. The monoisotopic (exact) mass is 178 g/mol. The average Bonchev–Trinajstić information content (AvgIpc) is 2.55. The van der Waals surface area contributed by atoms with Gasteiger partial charge in [-0.25, -0.2) is 0 Å². The van der Waals surface area contributed by atoms with Crippen LogP contribution >= 0.6 is 0 Å². The second-order valence-electron chi connectivity index (χ2n) is 5.31. The van der Waals surface area contributed by atoms with Crippen LogP contribution in [0.1, 0.15) is 40.0 Å². The van der Waals surface area contributed by atoms with Gasteiger partial charge in [0.1, 0.15) is 0 Å². The number of hydrogen-bond acceptors (Lipinski definition) is 0. The Kier molecular flexibility index (Phi) is 2.49. The van der Waals surface area contributed by atoms with Gasteiger partial charge in [0.2, 0.25) is 0 Å². The summed E-state index contributed by atoms with van der Waals surface area (Å²) >= 11 is 0. The highest BCUT2D eigenvalue weighted by Crippen LogP contribution is 2.53. The van der Waals surface area contributed by atoms with Crippen LogP contribution in [-0.2, 0) is 0 Å². The van der Waals surface area contributed by atoms with Gasteiger partial charge in [-0.2, -0.15) is 0 Å². The molecule has 2 aliphatic rings. The van der Waals surface area contributed by atoms with Gasteiger partial charge in [0.15, 0.2) is 0 Å². The second kappa shape index (κ2) is 3.48. The largest absolute Gasteiger partial charge is 0.0914 e. The molecule has 2 saturated carbocycles. The minimum absolute atomic E-state index is 0.912. The zero-order valence-electron chi connectivity index (χ0n) is 9.16. The van der Waals surface area contributed by atoms with Crippen molar-refractivity contribution in [1.82, 2.24) is 0 Å². The summed E-state index contributed by atoms with van der Waals surface area (Å²) in [5.41, 5.74) is 0. The van der Waals surface area contributed by atoms with Crippen LogP contribution in [0.5, 0.6) is 0 Å². The third-order valence-corrected chi connectivity index (χ3v) is 4.26. The standard InChI is InChI=1S/C13H22/c1-4-5-11-8-10(3)12-6-9(2)7-13(11)12/h4-5,9-13H,6-8H2,1-3H3. The van der Waals surface area contributed by atoms with E-state index in [2.05, 4.69) is 32.9 Å². The third-order valence-electron chi connectivity index (χ3n) is 4.26. The molecule has 0 aromatic heterocycles. The Bertz CT molecular complexity index is 204. The maximum Gasteiger partial charge on any atom is -0.0200 e. The molecule has 2 rings (SSSR count). The molecule has 0 spiro atoms. The van der Waals surface area contributed by atoms with Crippen molar-refractivity contribution in [1.29, 1.82) is 0 Å². The van der Waals surface area contributed by atoms with E-state index in [0.29, 0.717) is 0 Å². The summed E-state index contributed by atoms with van der Waals surface area (Å²) in [6, 6.07) is 0. The van der Waals surface area contributed by atoms with Crippen molar-refractivity contribution in [2.24, 2.45) is 29.6 Å². The van der Waals surface area contributed by atoms with Crippen LogP contribution in [0.3, 0.4) is 0 Å². The molecule has 13 heavy (non-hydrogen) atoms. The lowest BCUT2D eigenvalue weighted by Crippen LogP contribution is -2.08. The average molecular weight is 178 g/mol. The van der Waals surface area contributed by atoms with Gasteiger partial charge in [-0.05, 0) is 55.8 Å². The normalized spacial score (nSPS) is 50.2. The minimum atomic E-state index is 0.912. The highest BCUT2D eigenvalue weighted by atomic mass is 14.5. The lowest BCUT2D eigenvalue weighted by molar-refractivity contribution is 0.362. The first-order valence-corrected chi connectivity index (χ1v) is 5.85. The first-order valence-electron chi connectivity index (χ1n) is 5.85. The lowest BCUT2D eigenvalue weighted by Gasteiger charge is -2.14. The van der Waals surface area contributed by atoms with Crippen molar-refractivity contribution >= 4 is 0 Å². The molecular weight excluding hydrogens is 156 g/mol. The Morgan fingerprint density at radius 2 is 1.69 bits per heavy atom. The summed E-state index contributed by atoms with van der Waals surface area (Å²) in [4.78, 5) is 0. The Labute approximate surface area is 82.4 Å². The third kappa shape index (κ3) is 1.56. The Hall–Kier alpha value is -0.260. The summed E-state index contributed by atoms with van der Waals surface area (Å²) in [6.07, 6.45) is 9.15. The van der Waals surface area contributed by atoms with Gasteiger partial charge < -0.3 is 0 Å². The molecule has 0 aromatic rings. The van der Waals surface area contributed by atoms with Gasteiger partial charge >= 0.3 is 0 Å². The van der Waals surface area contributed by atoms with Gasteiger partial charge in [-0.1, -0.05) is 26.0 Å². The van der Waals surface area contributed by atoms with Crippen LogP contribution in [0, 0.1) is 29.6 Å². The summed E-state index contributed by atoms with van der Waals surface area (Å²) < 4.78 is 0. The van der Waals surface area contributed by atoms with Crippen molar-refractivity contribution in [3.8, 4) is 0 Å². The van der Waals surface area contributed by atoms with Crippen molar-refractivity contribution in [2.45, 2.75) is 40.0 Å². The van der Waals surface area contributed by atoms with Crippen LogP contribution in [0.4, 0.5) is 0 Å². The van der Waals surface area contributed by atoms with E-state index in [1.807, 2.05) is 0 Å². The molecule has 0 aromatic carbocycles. The molecule has 0 radical (unpaired) electrons. The predicted molar refractivity (Wildman–Crippen MR) is 57.5 cm³/mol. The van der Waals surface area contributed by atoms with Crippen LogP contribution in [0.25, 0.3) is 0 Å². The number of allylic oxidation sites excluding steroid dienone is 2. The Morgan fingerprint density at radius 1 is 1.00 bits per heavy atom. The topological polar surface area (TPSA) is 0 Å². The molecule has 5 unspecified atom stereocenters. The van der Waals surface area contributed by atoms with E-state index in [4.69, 9.17) is 0 Å². The fourth-order valence-electron chi connectivity index (χ4n) is 3.77. The van der Waals surface area contributed by atoms with Gasteiger partial charge in [0.25, 0.3) is 0 Å². The minimum Gasteiger partial charge on any atom is -0.0914 e. The molecule has 74 valence electrons. The molecule has 0 bridgehead atoms. The van der Waals surface area contributed by atoms with Crippen molar-refractivity contribution < 1.29 is 0 Å². The fraction of sp³-hybridized carbons (Fsp3) is 0.846. The summed E-state index contributed by atoms with van der Waals surface area (Å²) in [5, 5.41) is 0.